The molecule has 0 aliphatic rings. The molecule has 2 heteroatoms. The molecule has 0 aliphatic carbocycles. The fourth-order valence-electron chi connectivity index (χ4n) is 1.11. The predicted molar refractivity (Wildman–Crippen MR) is 54.5 cm³/mol. The molecule has 0 saturated carbocycles. The highest BCUT2D eigenvalue weighted by Crippen LogP contribution is 2.10. The second kappa shape index (κ2) is 7.84. The van der Waals surface area contributed by atoms with Crippen LogP contribution in [0.2, 0.25) is 0 Å². The van der Waals surface area contributed by atoms with Crippen molar-refractivity contribution < 1.29 is 9.53 Å². The molecule has 0 aromatic heterocycles. The van der Waals surface area contributed by atoms with Gasteiger partial charge in [-0.2, -0.15) is 0 Å². The van der Waals surface area contributed by atoms with Gasteiger partial charge < -0.3 is 4.74 Å². The fraction of sp³-hybridized carbons (Fsp3) is 0.727. The van der Waals surface area contributed by atoms with E-state index in [4.69, 9.17) is 4.74 Å². The average molecular weight is 184 g/mol. The molecule has 0 rings (SSSR count). The van der Waals surface area contributed by atoms with Crippen LogP contribution >= 0.6 is 0 Å². The molecule has 2 nitrogen and oxygen atoms in total. The smallest absolute Gasteiger partial charge is 0.330 e. The van der Waals surface area contributed by atoms with Crippen LogP contribution in [0.15, 0.2) is 11.6 Å². The Kier molecular flexibility index (Phi) is 7.36. The Morgan fingerprint density at radius 1 is 1.31 bits per heavy atom. The Bertz CT molecular complexity index is 171. The zero-order chi connectivity index (χ0) is 10.1. The van der Waals surface area contributed by atoms with Crippen molar-refractivity contribution in [3.8, 4) is 0 Å². The number of esters is 1. The van der Waals surface area contributed by atoms with Crippen molar-refractivity contribution in [2.75, 3.05) is 6.61 Å². The lowest BCUT2D eigenvalue weighted by Crippen LogP contribution is -2.01. The number of carbonyl (C=O) groups is 1. The number of unbranched alkanes of at least 4 members (excludes halogenated alkanes) is 1. The molecule has 0 unspecified atom stereocenters. The van der Waals surface area contributed by atoms with Gasteiger partial charge in [0.25, 0.3) is 0 Å². The topological polar surface area (TPSA) is 26.3 Å². The van der Waals surface area contributed by atoms with Gasteiger partial charge in [0.2, 0.25) is 0 Å². The molecular weight excluding hydrogens is 164 g/mol. The molecule has 0 aliphatic heterocycles. The van der Waals surface area contributed by atoms with Crippen molar-refractivity contribution in [3.63, 3.8) is 0 Å². The minimum atomic E-state index is -0.199. The maximum Gasteiger partial charge on any atom is 0.330 e. The van der Waals surface area contributed by atoms with Crippen LogP contribution in [0.3, 0.4) is 0 Å². The monoisotopic (exact) mass is 184 g/mol. The Morgan fingerprint density at radius 3 is 2.46 bits per heavy atom. The predicted octanol–water partition coefficient (Wildman–Crippen LogP) is 3.08. The Labute approximate surface area is 81.0 Å². The van der Waals surface area contributed by atoms with Crippen LogP contribution in [0, 0.1) is 0 Å². The molecule has 13 heavy (non-hydrogen) atoms. The first-order valence-corrected chi connectivity index (χ1v) is 5.10. The van der Waals surface area contributed by atoms with Crippen molar-refractivity contribution in [2.45, 2.75) is 46.5 Å². The molecule has 0 saturated heterocycles. The van der Waals surface area contributed by atoms with Crippen molar-refractivity contribution in [3.05, 3.63) is 11.6 Å². The Hall–Kier alpha value is -0.790. The van der Waals surface area contributed by atoms with E-state index in [1.54, 1.807) is 6.08 Å². The highest BCUT2D eigenvalue weighted by atomic mass is 16.5. The molecule has 0 spiro atoms. The molecule has 0 fully saturated rings. The van der Waals surface area contributed by atoms with Crippen LogP contribution in [0.5, 0.6) is 0 Å². The summed E-state index contributed by atoms with van der Waals surface area (Å²) in [6.07, 6.45) is 5.92. The number of carbonyl (C=O) groups excluding carboxylic acids is 1. The van der Waals surface area contributed by atoms with Crippen LogP contribution in [0.25, 0.3) is 0 Å². The van der Waals surface area contributed by atoms with Gasteiger partial charge in [-0.05, 0) is 26.2 Å². The van der Waals surface area contributed by atoms with Crippen molar-refractivity contribution in [1.82, 2.24) is 0 Å². The average Bonchev–Trinajstić information content (AvgIpc) is 2.12. The van der Waals surface area contributed by atoms with Crippen molar-refractivity contribution >= 4 is 5.97 Å². The summed E-state index contributed by atoms with van der Waals surface area (Å²) in [6, 6.07) is 0. The largest absolute Gasteiger partial charge is 0.463 e. The van der Waals surface area contributed by atoms with E-state index in [-0.39, 0.29) is 5.97 Å². The number of rotatable bonds is 6. The van der Waals surface area contributed by atoms with Gasteiger partial charge in [-0.1, -0.05) is 25.8 Å². The lowest BCUT2D eigenvalue weighted by atomic mass is 10.1. The van der Waals surface area contributed by atoms with Gasteiger partial charge in [-0.15, -0.1) is 0 Å². The van der Waals surface area contributed by atoms with E-state index in [2.05, 4.69) is 13.8 Å². The molecule has 0 heterocycles. The van der Waals surface area contributed by atoms with Crippen LogP contribution < -0.4 is 0 Å². The van der Waals surface area contributed by atoms with Crippen LogP contribution in [0.4, 0.5) is 0 Å². The third kappa shape index (κ3) is 6.38. The summed E-state index contributed by atoms with van der Waals surface area (Å²) in [5, 5.41) is 0. The third-order valence-electron chi connectivity index (χ3n) is 1.91. The number of hydrogen-bond acceptors (Lipinski definition) is 2. The summed E-state index contributed by atoms with van der Waals surface area (Å²) in [4.78, 5) is 11.1. The molecular formula is C11H20O2. The summed E-state index contributed by atoms with van der Waals surface area (Å²) in [7, 11) is 0. The minimum Gasteiger partial charge on any atom is -0.463 e. The lowest BCUT2D eigenvalue weighted by Gasteiger charge is -2.03. The zero-order valence-electron chi connectivity index (χ0n) is 8.93. The molecule has 0 aromatic rings. The van der Waals surface area contributed by atoms with Crippen LogP contribution in [-0.4, -0.2) is 12.6 Å². The van der Waals surface area contributed by atoms with Gasteiger partial charge in [-0.25, -0.2) is 4.79 Å². The Balaban J connectivity index is 3.96. The number of ether oxygens (including phenoxy) is 1. The maximum atomic E-state index is 11.1. The summed E-state index contributed by atoms with van der Waals surface area (Å²) in [5.41, 5.74) is 1.19. The van der Waals surface area contributed by atoms with E-state index in [1.165, 1.54) is 12.0 Å². The Morgan fingerprint density at radius 2 is 2.00 bits per heavy atom. The van der Waals surface area contributed by atoms with E-state index in [0.717, 1.165) is 19.3 Å². The highest BCUT2D eigenvalue weighted by molar-refractivity contribution is 5.82. The molecule has 0 bridgehead atoms. The molecule has 0 atom stereocenters. The molecule has 76 valence electrons. The first-order chi connectivity index (χ1) is 6.24. The SMILES string of the molecule is CCCC/C(=C/C(=O)OCC)CC. The van der Waals surface area contributed by atoms with Gasteiger partial charge >= 0.3 is 5.97 Å². The summed E-state index contributed by atoms with van der Waals surface area (Å²) < 4.78 is 4.84. The van der Waals surface area contributed by atoms with Gasteiger partial charge in [-0.3, -0.25) is 0 Å². The first kappa shape index (κ1) is 12.2. The quantitative estimate of drug-likeness (QED) is 0.468. The first-order valence-electron chi connectivity index (χ1n) is 5.10. The highest BCUT2D eigenvalue weighted by Gasteiger charge is 1.99. The van der Waals surface area contributed by atoms with Gasteiger partial charge in [0.15, 0.2) is 0 Å². The molecule has 0 aromatic carbocycles. The molecule has 0 N–H and O–H groups in total. The normalized spacial score (nSPS) is 11.5. The van der Waals surface area contributed by atoms with E-state index >= 15 is 0 Å². The fourth-order valence-corrected chi connectivity index (χ4v) is 1.11. The maximum absolute atomic E-state index is 11.1. The van der Waals surface area contributed by atoms with E-state index in [9.17, 15) is 4.79 Å². The van der Waals surface area contributed by atoms with Crippen molar-refractivity contribution in [1.29, 1.82) is 0 Å². The third-order valence-corrected chi connectivity index (χ3v) is 1.91. The number of hydrogen-bond donors (Lipinski definition) is 0. The molecule has 0 amide bonds. The number of allylic oxidation sites excluding steroid dienone is 1. The van der Waals surface area contributed by atoms with E-state index in [1.807, 2.05) is 6.92 Å². The zero-order valence-corrected chi connectivity index (χ0v) is 8.93. The lowest BCUT2D eigenvalue weighted by molar-refractivity contribution is -0.137. The van der Waals surface area contributed by atoms with E-state index < -0.39 is 0 Å². The standard InChI is InChI=1S/C11H20O2/c1-4-7-8-10(5-2)9-11(12)13-6-3/h9H,4-8H2,1-3H3/b10-9+. The van der Waals surface area contributed by atoms with Crippen molar-refractivity contribution in [2.24, 2.45) is 0 Å². The van der Waals surface area contributed by atoms with Crippen LogP contribution in [-0.2, 0) is 9.53 Å². The van der Waals surface area contributed by atoms with Gasteiger partial charge in [0, 0.05) is 6.08 Å². The van der Waals surface area contributed by atoms with Gasteiger partial charge in [0.1, 0.15) is 0 Å². The van der Waals surface area contributed by atoms with E-state index in [0.29, 0.717) is 6.61 Å². The molecule has 0 radical (unpaired) electrons. The minimum absolute atomic E-state index is 0.199. The van der Waals surface area contributed by atoms with Gasteiger partial charge in [0.05, 0.1) is 6.61 Å². The second-order valence-corrected chi connectivity index (χ2v) is 3.01. The summed E-state index contributed by atoms with van der Waals surface area (Å²) in [6.45, 7) is 6.50. The summed E-state index contributed by atoms with van der Waals surface area (Å²) in [5.74, 6) is -0.199. The summed E-state index contributed by atoms with van der Waals surface area (Å²) >= 11 is 0. The second-order valence-electron chi connectivity index (χ2n) is 3.01. The van der Waals surface area contributed by atoms with Crippen LogP contribution in [0.1, 0.15) is 46.5 Å².